The van der Waals surface area contributed by atoms with Crippen LogP contribution in [-0.2, 0) is 4.79 Å². The summed E-state index contributed by atoms with van der Waals surface area (Å²) >= 11 is 0. The molecule has 1 amide bonds. The Morgan fingerprint density at radius 2 is 2.06 bits per heavy atom. The number of piperidine rings is 1. The highest BCUT2D eigenvalue weighted by Crippen LogP contribution is 2.20. The van der Waals surface area contributed by atoms with Crippen molar-refractivity contribution < 1.29 is 4.79 Å². The molecule has 16 heavy (non-hydrogen) atoms. The van der Waals surface area contributed by atoms with Gasteiger partial charge in [-0.15, -0.1) is 0 Å². The topological polar surface area (TPSA) is 35.6 Å². The fraction of sp³-hybridized carbons (Fsp3) is 0.917. The minimum Gasteiger partial charge on any atom is -0.329 e. The Labute approximate surface area is 98.0 Å². The van der Waals surface area contributed by atoms with Crippen LogP contribution in [0.4, 0.5) is 0 Å². The molecule has 0 radical (unpaired) electrons. The number of nitrogens with zero attached hydrogens (tertiary/aromatic N) is 2. The quantitative estimate of drug-likeness (QED) is 0.759. The maximum atomic E-state index is 11.7. The van der Waals surface area contributed by atoms with Gasteiger partial charge in [-0.1, -0.05) is 0 Å². The molecule has 4 heteroatoms. The number of hydrogen-bond acceptors (Lipinski definition) is 3. The molecule has 2 rings (SSSR count). The van der Waals surface area contributed by atoms with Gasteiger partial charge in [-0.3, -0.25) is 10.1 Å². The van der Waals surface area contributed by atoms with Crippen LogP contribution in [0.25, 0.3) is 0 Å². The summed E-state index contributed by atoms with van der Waals surface area (Å²) in [4.78, 5) is 16.0. The van der Waals surface area contributed by atoms with Gasteiger partial charge in [0.2, 0.25) is 5.91 Å². The molecule has 2 aliphatic heterocycles. The monoisotopic (exact) mass is 225 g/mol. The zero-order valence-electron chi connectivity index (χ0n) is 10.4. The summed E-state index contributed by atoms with van der Waals surface area (Å²) < 4.78 is 0. The summed E-state index contributed by atoms with van der Waals surface area (Å²) in [6.07, 6.45) is 3.76. The molecular weight excluding hydrogens is 202 g/mol. The van der Waals surface area contributed by atoms with Crippen molar-refractivity contribution in [1.82, 2.24) is 15.1 Å². The summed E-state index contributed by atoms with van der Waals surface area (Å²) in [6.45, 7) is 6.05. The third kappa shape index (κ3) is 2.74. The fourth-order valence-corrected chi connectivity index (χ4v) is 2.56. The second-order valence-electron chi connectivity index (χ2n) is 5.22. The molecular formula is C12H23N3O. The Morgan fingerprint density at radius 1 is 1.38 bits per heavy atom. The predicted octanol–water partition coefficient (Wildman–Crippen LogP) is 0.496. The van der Waals surface area contributed by atoms with Crippen molar-refractivity contribution in [2.75, 3.05) is 33.4 Å². The Hall–Kier alpha value is -0.610. The molecule has 2 aliphatic rings. The molecule has 1 N–H and O–H groups in total. The molecule has 2 fully saturated rings. The maximum absolute atomic E-state index is 11.7. The van der Waals surface area contributed by atoms with Gasteiger partial charge >= 0.3 is 0 Å². The molecule has 0 aromatic heterocycles. The molecule has 0 aliphatic carbocycles. The van der Waals surface area contributed by atoms with Crippen LogP contribution in [0, 0.1) is 5.92 Å². The van der Waals surface area contributed by atoms with E-state index in [-0.39, 0.29) is 11.9 Å². The van der Waals surface area contributed by atoms with Crippen molar-refractivity contribution in [2.45, 2.75) is 32.2 Å². The molecule has 1 atom stereocenters. The Bertz CT molecular complexity index is 249. The Balaban J connectivity index is 1.70. The van der Waals surface area contributed by atoms with Crippen molar-refractivity contribution >= 4 is 5.91 Å². The smallest absolute Gasteiger partial charge is 0.240 e. The van der Waals surface area contributed by atoms with E-state index >= 15 is 0 Å². The van der Waals surface area contributed by atoms with Crippen LogP contribution >= 0.6 is 0 Å². The molecule has 0 aromatic carbocycles. The zero-order valence-corrected chi connectivity index (χ0v) is 10.4. The van der Waals surface area contributed by atoms with E-state index in [1.54, 1.807) is 0 Å². The number of hydrogen-bond donors (Lipinski definition) is 1. The molecule has 1 unspecified atom stereocenters. The van der Waals surface area contributed by atoms with E-state index in [0.29, 0.717) is 0 Å². The van der Waals surface area contributed by atoms with Crippen LogP contribution in [0.2, 0.25) is 0 Å². The van der Waals surface area contributed by atoms with Crippen LogP contribution in [0.1, 0.15) is 26.2 Å². The second-order valence-corrected chi connectivity index (χ2v) is 5.22. The average Bonchev–Trinajstić information content (AvgIpc) is 2.60. The lowest BCUT2D eigenvalue weighted by Crippen LogP contribution is -2.34. The molecule has 4 nitrogen and oxygen atoms in total. The van der Waals surface area contributed by atoms with Gasteiger partial charge in [0, 0.05) is 6.54 Å². The van der Waals surface area contributed by atoms with Crippen molar-refractivity contribution in [3.63, 3.8) is 0 Å². The second kappa shape index (κ2) is 5.15. The summed E-state index contributed by atoms with van der Waals surface area (Å²) in [5.41, 5.74) is 0. The molecule has 0 saturated carbocycles. The first kappa shape index (κ1) is 11.9. The summed E-state index contributed by atoms with van der Waals surface area (Å²) in [5, 5.41) is 3.18. The summed E-state index contributed by atoms with van der Waals surface area (Å²) in [7, 11) is 2.19. The van der Waals surface area contributed by atoms with E-state index in [1.165, 1.54) is 32.4 Å². The summed E-state index contributed by atoms with van der Waals surface area (Å²) in [6, 6.07) is 0.0255. The number of likely N-dealkylation sites (tertiary alicyclic amines) is 1. The highest BCUT2D eigenvalue weighted by Gasteiger charge is 2.27. The number of nitrogens with one attached hydrogen (secondary N) is 1. The third-order valence-corrected chi connectivity index (χ3v) is 3.92. The first-order chi connectivity index (χ1) is 7.66. The van der Waals surface area contributed by atoms with Crippen molar-refractivity contribution in [3.8, 4) is 0 Å². The lowest BCUT2D eigenvalue weighted by Gasteiger charge is -2.29. The first-order valence-corrected chi connectivity index (χ1v) is 6.37. The molecule has 2 saturated heterocycles. The maximum Gasteiger partial charge on any atom is 0.240 e. The van der Waals surface area contributed by atoms with Crippen molar-refractivity contribution in [1.29, 1.82) is 0 Å². The van der Waals surface area contributed by atoms with Crippen LogP contribution in [0.3, 0.4) is 0 Å². The average molecular weight is 225 g/mol. The van der Waals surface area contributed by atoms with E-state index in [4.69, 9.17) is 0 Å². The van der Waals surface area contributed by atoms with Crippen LogP contribution in [0.15, 0.2) is 0 Å². The lowest BCUT2D eigenvalue weighted by molar-refractivity contribution is -0.128. The van der Waals surface area contributed by atoms with E-state index in [0.717, 1.165) is 19.1 Å². The Morgan fingerprint density at radius 3 is 2.62 bits per heavy atom. The minimum atomic E-state index is 0.0255. The van der Waals surface area contributed by atoms with Gasteiger partial charge in [-0.05, 0) is 52.2 Å². The molecule has 0 bridgehead atoms. The molecule has 92 valence electrons. The van der Waals surface area contributed by atoms with E-state index in [1.807, 2.05) is 11.8 Å². The SMILES string of the molecule is CC1NCN(CCC2CCN(C)CC2)C1=O. The molecule has 0 aromatic rings. The lowest BCUT2D eigenvalue weighted by atomic mass is 9.94. The largest absolute Gasteiger partial charge is 0.329 e. The van der Waals surface area contributed by atoms with Crippen LogP contribution in [-0.4, -0.2) is 55.1 Å². The highest BCUT2D eigenvalue weighted by molar-refractivity contribution is 5.83. The van der Waals surface area contributed by atoms with E-state index < -0.39 is 0 Å². The molecule has 2 heterocycles. The fourth-order valence-electron chi connectivity index (χ4n) is 2.56. The first-order valence-electron chi connectivity index (χ1n) is 6.37. The standard InChI is InChI=1S/C12H23N3O/c1-10-12(16)15(9-13-10)8-5-11-3-6-14(2)7-4-11/h10-11,13H,3-9H2,1-2H3. The van der Waals surface area contributed by atoms with Gasteiger partial charge in [-0.25, -0.2) is 0 Å². The third-order valence-electron chi connectivity index (χ3n) is 3.92. The predicted molar refractivity (Wildman–Crippen MR) is 64.0 cm³/mol. The van der Waals surface area contributed by atoms with Gasteiger partial charge < -0.3 is 9.80 Å². The number of carbonyl (C=O) groups excluding carboxylic acids is 1. The van der Waals surface area contributed by atoms with E-state index in [9.17, 15) is 4.79 Å². The van der Waals surface area contributed by atoms with Crippen LogP contribution < -0.4 is 5.32 Å². The summed E-state index contributed by atoms with van der Waals surface area (Å²) in [5.74, 6) is 1.09. The van der Waals surface area contributed by atoms with Gasteiger partial charge in [0.15, 0.2) is 0 Å². The van der Waals surface area contributed by atoms with Gasteiger partial charge in [-0.2, -0.15) is 0 Å². The van der Waals surface area contributed by atoms with Crippen molar-refractivity contribution in [3.05, 3.63) is 0 Å². The zero-order chi connectivity index (χ0) is 11.5. The number of rotatable bonds is 3. The van der Waals surface area contributed by atoms with Gasteiger partial charge in [0.25, 0.3) is 0 Å². The molecule has 0 spiro atoms. The minimum absolute atomic E-state index is 0.0255. The number of carbonyl (C=O) groups is 1. The van der Waals surface area contributed by atoms with E-state index in [2.05, 4.69) is 17.3 Å². The van der Waals surface area contributed by atoms with Gasteiger partial charge in [0.1, 0.15) is 0 Å². The Kier molecular flexibility index (Phi) is 3.82. The number of amides is 1. The highest BCUT2D eigenvalue weighted by atomic mass is 16.2. The van der Waals surface area contributed by atoms with Crippen molar-refractivity contribution in [2.24, 2.45) is 5.92 Å². The van der Waals surface area contributed by atoms with Crippen LogP contribution in [0.5, 0.6) is 0 Å². The normalized spacial score (nSPS) is 29.0. The van der Waals surface area contributed by atoms with Gasteiger partial charge in [0.05, 0.1) is 12.7 Å².